The number of nitrogens with two attached hydrogens (primary N) is 1. The molecular weight excluding hydrogens is 232 g/mol. The molecule has 0 bridgehead atoms. The SMILES string of the molecule is C=C(N)C1CCCC1C(=C)NCc1ccccc1C. The molecule has 102 valence electrons. The fourth-order valence-corrected chi connectivity index (χ4v) is 2.97. The van der Waals surface area contributed by atoms with E-state index in [1.54, 1.807) is 0 Å². The molecule has 1 aromatic carbocycles. The Morgan fingerprint density at radius 2 is 1.95 bits per heavy atom. The summed E-state index contributed by atoms with van der Waals surface area (Å²) in [6.07, 6.45) is 3.53. The third kappa shape index (κ3) is 3.19. The summed E-state index contributed by atoms with van der Waals surface area (Å²) in [6.45, 7) is 11.1. The number of hydrogen-bond acceptors (Lipinski definition) is 2. The van der Waals surface area contributed by atoms with Crippen molar-refractivity contribution in [1.82, 2.24) is 5.32 Å². The average Bonchev–Trinajstić information content (AvgIpc) is 2.87. The Morgan fingerprint density at radius 3 is 2.63 bits per heavy atom. The molecule has 0 amide bonds. The smallest absolute Gasteiger partial charge is 0.0400 e. The lowest BCUT2D eigenvalue weighted by Gasteiger charge is -2.23. The highest BCUT2D eigenvalue weighted by Crippen LogP contribution is 2.37. The molecule has 1 fully saturated rings. The molecule has 0 radical (unpaired) electrons. The molecular formula is C17H24N2. The van der Waals surface area contributed by atoms with Gasteiger partial charge in [-0.25, -0.2) is 0 Å². The molecule has 2 atom stereocenters. The van der Waals surface area contributed by atoms with Gasteiger partial charge in [0.15, 0.2) is 0 Å². The topological polar surface area (TPSA) is 38.0 Å². The van der Waals surface area contributed by atoms with Crippen LogP contribution in [-0.2, 0) is 6.54 Å². The van der Waals surface area contributed by atoms with Crippen LogP contribution in [0.2, 0.25) is 0 Å². The predicted octanol–water partition coefficient (Wildman–Crippen LogP) is 3.49. The van der Waals surface area contributed by atoms with Crippen molar-refractivity contribution >= 4 is 0 Å². The van der Waals surface area contributed by atoms with Crippen LogP contribution < -0.4 is 11.1 Å². The summed E-state index contributed by atoms with van der Waals surface area (Å²) in [6, 6.07) is 8.44. The van der Waals surface area contributed by atoms with Crippen LogP contribution in [0.3, 0.4) is 0 Å². The van der Waals surface area contributed by atoms with Crippen molar-refractivity contribution in [1.29, 1.82) is 0 Å². The maximum absolute atomic E-state index is 5.89. The fourth-order valence-electron chi connectivity index (χ4n) is 2.97. The molecule has 2 rings (SSSR count). The molecule has 0 aromatic heterocycles. The number of nitrogens with one attached hydrogen (secondary N) is 1. The lowest BCUT2D eigenvalue weighted by molar-refractivity contribution is 0.471. The van der Waals surface area contributed by atoms with Gasteiger partial charge in [0.2, 0.25) is 0 Å². The minimum absolute atomic E-state index is 0.400. The van der Waals surface area contributed by atoms with Crippen molar-refractivity contribution in [2.24, 2.45) is 17.6 Å². The molecule has 0 aliphatic heterocycles. The maximum Gasteiger partial charge on any atom is 0.0400 e. The number of rotatable bonds is 5. The van der Waals surface area contributed by atoms with Gasteiger partial charge in [-0.1, -0.05) is 43.8 Å². The molecule has 2 nitrogen and oxygen atoms in total. The Morgan fingerprint density at radius 1 is 1.26 bits per heavy atom. The van der Waals surface area contributed by atoms with E-state index in [0.717, 1.165) is 24.4 Å². The second-order valence-electron chi connectivity index (χ2n) is 5.52. The molecule has 1 aromatic rings. The summed E-state index contributed by atoms with van der Waals surface area (Å²) < 4.78 is 0. The fraction of sp³-hybridized carbons (Fsp3) is 0.412. The molecule has 1 saturated carbocycles. The molecule has 0 spiro atoms. The summed E-state index contributed by atoms with van der Waals surface area (Å²) in [5.41, 5.74) is 10.4. The van der Waals surface area contributed by atoms with Gasteiger partial charge in [0, 0.05) is 29.8 Å². The minimum atomic E-state index is 0.400. The van der Waals surface area contributed by atoms with E-state index >= 15 is 0 Å². The Labute approximate surface area is 116 Å². The van der Waals surface area contributed by atoms with Crippen LogP contribution in [0, 0.1) is 18.8 Å². The van der Waals surface area contributed by atoms with Crippen LogP contribution in [-0.4, -0.2) is 0 Å². The van der Waals surface area contributed by atoms with Gasteiger partial charge in [0.05, 0.1) is 0 Å². The first kappa shape index (κ1) is 13.7. The van der Waals surface area contributed by atoms with Crippen LogP contribution in [0.4, 0.5) is 0 Å². The molecule has 1 aliphatic rings. The van der Waals surface area contributed by atoms with Crippen LogP contribution in [0.25, 0.3) is 0 Å². The van der Waals surface area contributed by atoms with Crippen molar-refractivity contribution in [3.8, 4) is 0 Å². The van der Waals surface area contributed by atoms with E-state index in [0.29, 0.717) is 11.8 Å². The van der Waals surface area contributed by atoms with E-state index in [-0.39, 0.29) is 0 Å². The summed E-state index contributed by atoms with van der Waals surface area (Å²) in [4.78, 5) is 0. The molecule has 1 aliphatic carbocycles. The largest absolute Gasteiger partial charge is 0.402 e. The van der Waals surface area contributed by atoms with Crippen LogP contribution in [0.5, 0.6) is 0 Å². The minimum Gasteiger partial charge on any atom is -0.402 e. The number of aryl methyl sites for hydroxylation is 1. The van der Waals surface area contributed by atoms with E-state index in [2.05, 4.69) is 49.7 Å². The zero-order valence-electron chi connectivity index (χ0n) is 11.8. The van der Waals surface area contributed by atoms with Crippen LogP contribution >= 0.6 is 0 Å². The summed E-state index contributed by atoms with van der Waals surface area (Å²) in [7, 11) is 0. The zero-order chi connectivity index (χ0) is 13.8. The van der Waals surface area contributed by atoms with Gasteiger partial charge >= 0.3 is 0 Å². The molecule has 19 heavy (non-hydrogen) atoms. The van der Waals surface area contributed by atoms with Crippen LogP contribution in [0.15, 0.2) is 48.8 Å². The van der Waals surface area contributed by atoms with Gasteiger partial charge in [-0.15, -0.1) is 0 Å². The van der Waals surface area contributed by atoms with Gasteiger partial charge in [-0.05, 0) is 30.9 Å². The van der Waals surface area contributed by atoms with E-state index in [9.17, 15) is 0 Å². The first-order valence-electron chi connectivity index (χ1n) is 7.01. The van der Waals surface area contributed by atoms with Crippen molar-refractivity contribution in [3.05, 3.63) is 59.9 Å². The highest BCUT2D eigenvalue weighted by atomic mass is 14.9. The van der Waals surface area contributed by atoms with Gasteiger partial charge in [0.1, 0.15) is 0 Å². The van der Waals surface area contributed by atoms with Crippen molar-refractivity contribution in [2.75, 3.05) is 0 Å². The van der Waals surface area contributed by atoms with E-state index < -0.39 is 0 Å². The first-order chi connectivity index (χ1) is 9.09. The monoisotopic (exact) mass is 256 g/mol. The van der Waals surface area contributed by atoms with Crippen LogP contribution in [0.1, 0.15) is 30.4 Å². The Bertz CT molecular complexity index is 476. The number of allylic oxidation sites excluding steroid dienone is 2. The van der Waals surface area contributed by atoms with E-state index in [1.807, 2.05) is 0 Å². The van der Waals surface area contributed by atoms with E-state index in [4.69, 9.17) is 5.73 Å². The highest BCUT2D eigenvalue weighted by Gasteiger charge is 2.30. The Hall–Kier alpha value is -1.70. The molecule has 3 N–H and O–H groups in total. The maximum atomic E-state index is 5.89. The quantitative estimate of drug-likeness (QED) is 0.846. The number of benzene rings is 1. The Kier molecular flexibility index (Phi) is 4.31. The third-order valence-electron chi connectivity index (χ3n) is 4.21. The zero-order valence-corrected chi connectivity index (χ0v) is 11.8. The standard InChI is InChI=1S/C17H24N2/c1-12-7-4-5-8-15(12)11-19-14(3)17-10-6-9-16(17)13(2)18/h4-5,7-8,16-17,19H,2-3,6,9-11,18H2,1H3. The summed E-state index contributed by atoms with van der Waals surface area (Å²) in [5, 5.41) is 3.48. The first-order valence-corrected chi connectivity index (χ1v) is 7.01. The molecule has 2 unspecified atom stereocenters. The van der Waals surface area contributed by atoms with Crippen molar-refractivity contribution < 1.29 is 0 Å². The van der Waals surface area contributed by atoms with Gasteiger partial charge < -0.3 is 11.1 Å². The Balaban J connectivity index is 1.95. The molecule has 0 saturated heterocycles. The van der Waals surface area contributed by atoms with Gasteiger partial charge in [-0.2, -0.15) is 0 Å². The average molecular weight is 256 g/mol. The second-order valence-corrected chi connectivity index (χ2v) is 5.52. The van der Waals surface area contributed by atoms with E-state index in [1.165, 1.54) is 24.0 Å². The lowest BCUT2D eigenvalue weighted by Crippen LogP contribution is -2.24. The van der Waals surface area contributed by atoms with Crippen molar-refractivity contribution in [2.45, 2.75) is 32.7 Å². The van der Waals surface area contributed by atoms with Gasteiger partial charge in [-0.3, -0.25) is 0 Å². The summed E-state index contributed by atoms with van der Waals surface area (Å²) >= 11 is 0. The summed E-state index contributed by atoms with van der Waals surface area (Å²) in [5.74, 6) is 0.846. The highest BCUT2D eigenvalue weighted by molar-refractivity contribution is 5.26. The normalized spacial score (nSPS) is 22.2. The second kappa shape index (κ2) is 5.96. The molecule has 0 heterocycles. The third-order valence-corrected chi connectivity index (χ3v) is 4.21. The lowest BCUT2D eigenvalue weighted by atomic mass is 9.91. The number of hydrogen-bond donors (Lipinski definition) is 2. The van der Waals surface area contributed by atoms with Crippen molar-refractivity contribution in [3.63, 3.8) is 0 Å². The molecule has 2 heteroatoms. The van der Waals surface area contributed by atoms with Gasteiger partial charge in [0.25, 0.3) is 0 Å². The predicted molar refractivity (Wildman–Crippen MR) is 81.3 cm³/mol.